The summed E-state index contributed by atoms with van der Waals surface area (Å²) in [5, 5.41) is 15.0. The summed E-state index contributed by atoms with van der Waals surface area (Å²) < 4.78 is 40.7. The van der Waals surface area contributed by atoms with E-state index in [0.29, 0.717) is 17.7 Å². The summed E-state index contributed by atoms with van der Waals surface area (Å²) in [6.45, 7) is 1.81. The monoisotopic (exact) mass is 435 g/mol. The average molecular weight is 436 g/mol. The summed E-state index contributed by atoms with van der Waals surface area (Å²) in [5.41, 5.74) is -0.760. The Balaban J connectivity index is 1.62. The summed E-state index contributed by atoms with van der Waals surface area (Å²) in [6, 6.07) is 6.96. The number of halogens is 4. The Morgan fingerprint density at radius 1 is 1.13 bits per heavy atom. The molecule has 1 N–H and O–H groups in total. The molecule has 4 heterocycles. The number of fused-ring (bicyclic) bond motifs is 1. The molecule has 0 aliphatic heterocycles. The number of nitrogens with one attached hydrogen (secondary N) is 1. The van der Waals surface area contributed by atoms with Crippen molar-refractivity contribution in [1.82, 2.24) is 29.4 Å². The molecule has 0 radical (unpaired) electrons. The standard InChI is InChI=1S/C18H13ClF3N7O/c1-10(16-27-26-14-4-2-3-7-28(14)16)25-12-9-24-29(17(30)15(12)19)13-6-5-11(8-23-13)18(20,21)22/h2-10,25H,1H3. The molecule has 4 rings (SSSR count). The predicted octanol–water partition coefficient (Wildman–Crippen LogP) is 3.52. The first-order valence-corrected chi connectivity index (χ1v) is 9.01. The Kier molecular flexibility index (Phi) is 4.90. The van der Waals surface area contributed by atoms with Crippen molar-refractivity contribution in [3.05, 3.63) is 75.7 Å². The Hall–Kier alpha value is -3.47. The van der Waals surface area contributed by atoms with Gasteiger partial charge in [0.1, 0.15) is 5.02 Å². The molecule has 0 aliphatic carbocycles. The van der Waals surface area contributed by atoms with Gasteiger partial charge in [-0.05, 0) is 31.2 Å². The molecule has 0 aliphatic rings. The second kappa shape index (κ2) is 7.41. The van der Waals surface area contributed by atoms with Crippen LogP contribution in [0, 0.1) is 0 Å². The van der Waals surface area contributed by atoms with Crippen LogP contribution in [0.2, 0.25) is 5.02 Å². The van der Waals surface area contributed by atoms with E-state index < -0.39 is 17.3 Å². The number of aromatic nitrogens is 6. The van der Waals surface area contributed by atoms with Crippen molar-refractivity contribution in [3.63, 3.8) is 0 Å². The zero-order chi connectivity index (χ0) is 21.5. The maximum atomic E-state index is 12.7. The molecule has 0 amide bonds. The lowest BCUT2D eigenvalue weighted by Gasteiger charge is -2.15. The first kappa shape index (κ1) is 19.8. The molecule has 0 bridgehead atoms. The Morgan fingerprint density at radius 2 is 1.93 bits per heavy atom. The van der Waals surface area contributed by atoms with Gasteiger partial charge in [0.2, 0.25) is 0 Å². The number of alkyl halides is 3. The molecule has 1 atom stereocenters. The van der Waals surface area contributed by atoms with Crippen LogP contribution in [-0.2, 0) is 6.18 Å². The predicted molar refractivity (Wildman–Crippen MR) is 103 cm³/mol. The summed E-state index contributed by atoms with van der Waals surface area (Å²) in [4.78, 5) is 16.2. The van der Waals surface area contributed by atoms with Crippen molar-refractivity contribution in [2.24, 2.45) is 0 Å². The maximum Gasteiger partial charge on any atom is 0.417 e. The van der Waals surface area contributed by atoms with E-state index in [1.54, 1.807) is 16.7 Å². The quantitative estimate of drug-likeness (QED) is 0.527. The first-order chi connectivity index (χ1) is 14.3. The Labute approximate surface area is 172 Å². The molecule has 154 valence electrons. The summed E-state index contributed by atoms with van der Waals surface area (Å²) in [5.74, 6) is 0.508. The van der Waals surface area contributed by atoms with Gasteiger partial charge in [0.05, 0.1) is 23.5 Å². The van der Waals surface area contributed by atoms with Crippen LogP contribution in [0.15, 0.2) is 53.7 Å². The van der Waals surface area contributed by atoms with E-state index in [9.17, 15) is 18.0 Å². The minimum absolute atomic E-state index is 0.0852. The minimum Gasteiger partial charge on any atom is -0.373 e. The molecule has 1 unspecified atom stereocenters. The number of hydrogen-bond acceptors (Lipinski definition) is 6. The molecule has 0 fully saturated rings. The second-order valence-electron chi connectivity index (χ2n) is 6.35. The highest BCUT2D eigenvalue weighted by Gasteiger charge is 2.30. The third-order valence-electron chi connectivity index (χ3n) is 4.31. The maximum absolute atomic E-state index is 12.7. The molecule has 0 saturated heterocycles. The minimum atomic E-state index is -4.53. The van der Waals surface area contributed by atoms with Crippen LogP contribution >= 0.6 is 11.6 Å². The van der Waals surface area contributed by atoms with E-state index in [1.807, 2.05) is 19.1 Å². The number of pyridine rings is 2. The van der Waals surface area contributed by atoms with Crippen molar-refractivity contribution < 1.29 is 13.2 Å². The highest BCUT2D eigenvalue weighted by molar-refractivity contribution is 6.32. The zero-order valence-electron chi connectivity index (χ0n) is 15.3. The fraction of sp³-hybridized carbons (Fsp3) is 0.167. The molecule has 0 spiro atoms. The molecule has 0 saturated carbocycles. The second-order valence-corrected chi connectivity index (χ2v) is 6.72. The SMILES string of the molecule is CC(Nc1cnn(-c2ccc(C(F)(F)F)cn2)c(=O)c1Cl)c1nnc2ccccn12. The average Bonchev–Trinajstić information content (AvgIpc) is 3.15. The van der Waals surface area contributed by atoms with Gasteiger partial charge in [0.25, 0.3) is 5.56 Å². The molecule has 12 heteroatoms. The molecule has 0 aromatic carbocycles. The lowest BCUT2D eigenvalue weighted by Crippen LogP contribution is -2.24. The van der Waals surface area contributed by atoms with Gasteiger partial charge in [-0.2, -0.15) is 23.0 Å². The number of hydrogen-bond donors (Lipinski definition) is 1. The molecular formula is C18H13ClF3N7O. The van der Waals surface area contributed by atoms with E-state index in [0.717, 1.165) is 16.8 Å². The lowest BCUT2D eigenvalue weighted by atomic mass is 10.3. The highest BCUT2D eigenvalue weighted by atomic mass is 35.5. The molecule has 4 aromatic rings. The van der Waals surface area contributed by atoms with E-state index in [-0.39, 0.29) is 22.6 Å². The normalized spacial score (nSPS) is 12.8. The Bertz CT molecular complexity index is 1270. The number of nitrogens with zero attached hydrogens (tertiary/aromatic N) is 6. The van der Waals surface area contributed by atoms with E-state index in [4.69, 9.17) is 11.6 Å². The molecule has 30 heavy (non-hydrogen) atoms. The topological polar surface area (TPSA) is 90.0 Å². The molecular weight excluding hydrogens is 423 g/mol. The number of anilines is 1. The summed E-state index contributed by atoms with van der Waals surface area (Å²) in [6.07, 6.45) is -0.806. The van der Waals surface area contributed by atoms with Crippen LogP contribution < -0.4 is 10.9 Å². The summed E-state index contributed by atoms with van der Waals surface area (Å²) >= 11 is 6.19. The van der Waals surface area contributed by atoms with Gasteiger partial charge < -0.3 is 5.32 Å². The van der Waals surface area contributed by atoms with Gasteiger partial charge in [-0.1, -0.05) is 17.7 Å². The highest BCUT2D eigenvalue weighted by Crippen LogP contribution is 2.29. The fourth-order valence-corrected chi connectivity index (χ4v) is 3.01. The smallest absolute Gasteiger partial charge is 0.373 e. The van der Waals surface area contributed by atoms with Crippen LogP contribution in [0.25, 0.3) is 11.5 Å². The van der Waals surface area contributed by atoms with Gasteiger partial charge in [0.15, 0.2) is 17.3 Å². The number of rotatable bonds is 4. The molecule has 4 aromatic heterocycles. The van der Waals surface area contributed by atoms with Crippen molar-refractivity contribution in [1.29, 1.82) is 0 Å². The van der Waals surface area contributed by atoms with Crippen LogP contribution in [0.3, 0.4) is 0 Å². The van der Waals surface area contributed by atoms with Crippen LogP contribution in [0.5, 0.6) is 0 Å². The van der Waals surface area contributed by atoms with Crippen molar-refractivity contribution in [3.8, 4) is 5.82 Å². The van der Waals surface area contributed by atoms with Gasteiger partial charge in [-0.15, -0.1) is 10.2 Å². The van der Waals surface area contributed by atoms with E-state index in [2.05, 4.69) is 25.6 Å². The lowest BCUT2D eigenvalue weighted by molar-refractivity contribution is -0.137. The first-order valence-electron chi connectivity index (χ1n) is 8.63. The van der Waals surface area contributed by atoms with Gasteiger partial charge in [-0.3, -0.25) is 9.20 Å². The van der Waals surface area contributed by atoms with Crippen LogP contribution in [0.4, 0.5) is 18.9 Å². The van der Waals surface area contributed by atoms with Gasteiger partial charge in [0, 0.05) is 12.4 Å². The van der Waals surface area contributed by atoms with Gasteiger partial charge >= 0.3 is 6.18 Å². The molecule has 8 nitrogen and oxygen atoms in total. The zero-order valence-corrected chi connectivity index (χ0v) is 16.1. The van der Waals surface area contributed by atoms with Crippen molar-refractivity contribution >= 4 is 22.9 Å². The van der Waals surface area contributed by atoms with Crippen molar-refractivity contribution in [2.45, 2.75) is 19.1 Å². The summed E-state index contributed by atoms with van der Waals surface area (Å²) in [7, 11) is 0. The van der Waals surface area contributed by atoms with E-state index in [1.165, 1.54) is 6.20 Å². The van der Waals surface area contributed by atoms with Crippen LogP contribution in [-0.4, -0.2) is 29.4 Å². The van der Waals surface area contributed by atoms with Crippen molar-refractivity contribution in [2.75, 3.05) is 5.32 Å². The third-order valence-corrected chi connectivity index (χ3v) is 4.68. The Morgan fingerprint density at radius 3 is 2.63 bits per heavy atom. The van der Waals surface area contributed by atoms with Gasteiger partial charge in [-0.25, -0.2) is 4.98 Å². The largest absolute Gasteiger partial charge is 0.417 e. The third kappa shape index (κ3) is 3.59. The fourth-order valence-electron chi connectivity index (χ4n) is 2.83. The van der Waals surface area contributed by atoms with E-state index >= 15 is 0 Å². The van der Waals surface area contributed by atoms with Crippen LogP contribution in [0.1, 0.15) is 24.4 Å².